The van der Waals surface area contributed by atoms with Crippen molar-refractivity contribution in [1.29, 1.82) is 0 Å². The number of hydrogen-bond acceptors (Lipinski definition) is 0. The summed E-state index contributed by atoms with van der Waals surface area (Å²) in [6.45, 7) is 21.0. The van der Waals surface area contributed by atoms with Crippen LogP contribution < -0.4 is 4.68 Å². The van der Waals surface area contributed by atoms with Gasteiger partial charge in [0.2, 0.25) is 11.4 Å². The zero-order valence-corrected chi connectivity index (χ0v) is 16.9. The van der Waals surface area contributed by atoms with Crippen molar-refractivity contribution in [2.24, 2.45) is 0 Å². The van der Waals surface area contributed by atoms with Gasteiger partial charge in [0.05, 0.1) is 17.2 Å². The minimum atomic E-state index is 0.0699. The number of rotatable bonds is 2. The molecule has 0 atom stereocenters. The highest BCUT2D eigenvalue weighted by Crippen LogP contribution is 2.48. The number of fused-ring (bicyclic) bond motifs is 3. The molecular formula is C22H33N2+. The van der Waals surface area contributed by atoms with Crippen LogP contribution in [0.5, 0.6) is 0 Å². The molecule has 0 unspecified atom stereocenters. The quantitative estimate of drug-likeness (QED) is 0.658. The lowest BCUT2D eigenvalue weighted by atomic mass is 9.60. The second kappa shape index (κ2) is 5.21. The maximum absolute atomic E-state index is 2.52. The highest BCUT2D eigenvalue weighted by Gasteiger charge is 2.54. The van der Waals surface area contributed by atoms with Crippen LogP contribution >= 0.6 is 0 Å². The van der Waals surface area contributed by atoms with Crippen LogP contribution in [-0.4, -0.2) is 4.68 Å². The minimum absolute atomic E-state index is 0.0699. The fourth-order valence-electron chi connectivity index (χ4n) is 4.34. The zero-order chi connectivity index (χ0) is 18.0. The first kappa shape index (κ1) is 17.3. The normalized spacial score (nSPS) is 18.0. The van der Waals surface area contributed by atoms with Gasteiger partial charge >= 0.3 is 0 Å². The fourth-order valence-corrected chi connectivity index (χ4v) is 4.34. The number of aromatic nitrogens is 2. The van der Waals surface area contributed by atoms with Crippen molar-refractivity contribution in [2.45, 2.75) is 85.1 Å². The van der Waals surface area contributed by atoms with Crippen LogP contribution in [0.1, 0.15) is 89.9 Å². The van der Waals surface area contributed by atoms with Crippen LogP contribution in [0.15, 0.2) is 24.3 Å². The van der Waals surface area contributed by atoms with Crippen LogP contribution in [-0.2, 0) is 10.8 Å². The lowest BCUT2D eigenvalue weighted by molar-refractivity contribution is -0.703. The average molecular weight is 326 g/mol. The predicted octanol–water partition coefficient (Wildman–Crippen LogP) is 5.35. The van der Waals surface area contributed by atoms with Crippen molar-refractivity contribution < 1.29 is 4.68 Å². The van der Waals surface area contributed by atoms with Crippen LogP contribution in [0.2, 0.25) is 0 Å². The van der Waals surface area contributed by atoms with Crippen LogP contribution in [0, 0.1) is 6.92 Å². The molecule has 1 aliphatic heterocycles. The molecule has 2 heterocycles. The Balaban J connectivity index is 2.52. The molecular weight excluding hydrogens is 292 g/mol. The molecule has 1 aromatic heterocycles. The Hall–Kier alpha value is -1.57. The van der Waals surface area contributed by atoms with Gasteiger partial charge < -0.3 is 0 Å². The van der Waals surface area contributed by atoms with E-state index < -0.39 is 0 Å². The monoisotopic (exact) mass is 325 g/mol. The van der Waals surface area contributed by atoms with E-state index in [0.717, 1.165) is 0 Å². The van der Waals surface area contributed by atoms with Crippen molar-refractivity contribution in [3.8, 4) is 5.69 Å². The van der Waals surface area contributed by atoms with E-state index in [0.29, 0.717) is 12.0 Å². The molecule has 0 saturated heterocycles. The van der Waals surface area contributed by atoms with Gasteiger partial charge in [-0.1, -0.05) is 50.6 Å². The Morgan fingerprint density at radius 3 is 2.12 bits per heavy atom. The SMILES string of the molecule is Cc1cc2[n+](n1C(C)C)-c1c(C(C)C)cccc1C(C)(C)C2(C)C. The molecule has 0 spiro atoms. The highest BCUT2D eigenvalue weighted by atomic mass is 15.4. The molecule has 2 aromatic rings. The Bertz CT molecular complexity index is 789. The summed E-state index contributed by atoms with van der Waals surface area (Å²) in [5.41, 5.74) is 7.25. The molecule has 2 nitrogen and oxygen atoms in total. The maximum Gasteiger partial charge on any atom is 0.243 e. The molecule has 1 aromatic carbocycles. The first-order valence-corrected chi connectivity index (χ1v) is 9.30. The molecule has 0 bridgehead atoms. The summed E-state index contributed by atoms with van der Waals surface area (Å²) >= 11 is 0. The lowest BCUT2D eigenvalue weighted by Gasteiger charge is -2.42. The minimum Gasteiger partial charge on any atom is -0.150 e. The molecule has 2 heteroatoms. The summed E-state index contributed by atoms with van der Waals surface area (Å²) in [4.78, 5) is 0. The third kappa shape index (κ3) is 2.04. The van der Waals surface area contributed by atoms with Crippen molar-refractivity contribution in [3.05, 3.63) is 46.8 Å². The Morgan fingerprint density at radius 2 is 1.58 bits per heavy atom. The van der Waals surface area contributed by atoms with Crippen LogP contribution in [0.4, 0.5) is 0 Å². The first-order valence-electron chi connectivity index (χ1n) is 9.30. The van der Waals surface area contributed by atoms with Gasteiger partial charge in [-0.2, -0.15) is 0 Å². The maximum atomic E-state index is 2.52. The number of hydrogen-bond donors (Lipinski definition) is 0. The summed E-state index contributed by atoms with van der Waals surface area (Å²) in [7, 11) is 0. The first-order chi connectivity index (χ1) is 11.0. The predicted molar refractivity (Wildman–Crippen MR) is 101 cm³/mol. The van der Waals surface area contributed by atoms with Gasteiger partial charge in [0.15, 0.2) is 0 Å². The highest BCUT2D eigenvalue weighted by molar-refractivity contribution is 5.52. The Morgan fingerprint density at radius 1 is 0.958 bits per heavy atom. The Kier molecular flexibility index (Phi) is 3.75. The largest absolute Gasteiger partial charge is 0.243 e. The van der Waals surface area contributed by atoms with E-state index in [1.54, 1.807) is 0 Å². The molecule has 130 valence electrons. The summed E-state index contributed by atoms with van der Waals surface area (Å²) in [6, 6.07) is 9.73. The van der Waals surface area contributed by atoms with Gasteiger partial charge in [0, 0.05) is 22.6 Å². The standard InChI is InChI=1S/C22H33N2/c1-14(2)17-11-10-12-18-20(17)24-19(22(8,9)21(18,6)7)13-16(5)23(24)15(3)4/h10-15H,1-9H3/q+1. The van der Waals surface area contributed by atoms with E-state index in [4.69, 9.17) is 0 Å². The summed E-state index contributed by atoms with van der Waals surface area (Å²) < 4.78 is 4.99. The van der Waals surface area contributed by atoms with Crippen molar-refractivity contribution in [3.63, 3.8) is 0 Å². The summed E-state index contributed by atoms with van der Waals surface area (Å²) in [6.07, 6.45) is 0. The molecule has 0 radical (unpaired) electrons. The smallest absolute Gasteiger partial charge is 0.150 e. The van der Waals surface area contributed by atoms with E-state index in [2.05, 4.69) is 95.9 Å². The van der Waals surface area contributed by atoms with E-state index in [1.165, 1.54) is 28.2 Å². The number of benzene rings is 1. The molecule has 0 aliphatic carbocycles. The van der Waals surface area contributed by atoms with Gasteiger partial charge in [-0.15, -0.1) is 4.68 Å². The van der Waals surface area contributed by atoms with Gasteiger partial charge in [-0.05, 0) is 40.5 Å². The summed E-state index contributed by atoms with van der Waals surface area (Å²) in [5.74, 6) is 0.508. The molecule has 0 N–H and O–H groups in total. The molecule has 0 fully saturated rings. The topological polar surface area (TPSA) is 8.81 Å². The second-order valence-corrected chi connectivity index (χ2v) is 9.07. The number of para-hydroxylation sites is 1. The lowest BCUT2D eigenvalue weighted by Crippen LogP contribution is -2.59. The third-order valence-electron chi connectivity index (χ3n) is 6.42. The third-order valence-corrected chi connectivity index (χ3v) is 6.42. The van der Waals surface area contributed by atoms with Crippen molar-refractivity contribution >= 4 is 0 Å². The van der Waals surface area contributed by atoms with Gasteiger partial charge in [-0.25, -0.2) is 0 Å². The van der Waals surface area contributed by atoms with Crippen molar-refractivity contribution in [2.75, 3.05) is 0 Å². The van der Waals surface area contributed by atoms with Crippen molar-refractivity contribution in [1.82, 2.24) is 4.68 Å². The summed E-state index contributed by atoms with van der Waals surface area (Å²) in [5, 5.41) is 0. The van der Waals surface area contributed by atoms with Crippen LogP contribution in [0.25, 0.3) is 5.69 Å². The molecule has 0 amide bonds. The van der Waals surface area contributed by atoms with E-state index in [9.17, 15) is 0 Å². The molecule has 24 heavy (non-hydrogen) atoms. The zero-order valence-electron chi connectivity index (χ0n) is 16.9. The van der Waals surface area contributed by atoms with Crippen LogP contribution in [0.3, 0.4) is 0 Å². The van der Waals surface area contributed by atoms with Gasteiger partial charge in [0.1, 0.15) is 0 Å². The van der Waals surface area contributed by atoms with E-state index in [1.807, 2.05) is 0 Å². The molecule has 1 aliphatic rings. The van der Waals surface area contributed by atoms with E-state index in [-0.39, 0.29) is 10.8 Å². The molecule has 3 rings (SSSR count). The van der Waals surface area contributed by atoms with E-state index >= 15 is 0 Å². The average Bonchev–Trinajstić information content (AvgIpc) is 2.83. The second-order valence-electron chi connectivity index (χ2n) is 9.07. The number of nitrogens with zero attached hydrogens (tertiary/aromatic N) is 2. The van der Waals surface area contributed by atoms with Gasteiger partial charge in [0.25, 0.3) is 0 Å². The number of aryl methyl sites for hydroxylation is 1. The Labute approximate surface area is 147 Å². The fraction of sp³-hybridized carbons (Fsp3) is 0.591. The molecule has 0 saturated carbocycles. The van der Waals surface area contributed by atoms with Gasteiger partial charge in [-0.3, -0.25) is 0 Å².